The lowest BCUT2D eigenvalue weighted by Crippen LogP contribution is -2.59. The highest BCUT2D eigenvalue weighted by Crippen LogP contribution is 2.42. The molecule has 1 fully saturated rings. The Balaban J connectivity index is 2.51. The molecule has 1 heterocycles. The Morgan fingerprint density at radius 1 is 1.00 bits per heavy atom. The number of rotatable bonds is 6. The molecule has 0 aliphatic carbocycles. The molecule has 2 rings (SSSR count). The Bertz CT molecular complexity index is 808. The van der Waals surface area contributed by atoms with Gasteiger partial charge in [0.05, 0.1) is 13.0 Å². The number of ether oxygens (including phenoxy) is 3. The first-order valence-corrected chi connectivity index (χ1v) is 11.2. The van der Waals surface area contributed by atoms with Crippen LogP contribution in [0.15, 0.2) is 30.3 Å². The van der Waals surface area contributed by atoms with Crippen LogP contribution in [0.3, 0.4) is 0 Å². The van der Waals surface area contributed by atoms with E-state index in [2.05, 4.69) is 0 Å². The lowest BCUT2D eigenvalue weighted by Gasteiger charge is -2.40. The van der Waals surface area contributed by atoms with E-state index in [4.69, 9.17) is 14.2 Å². The lowest BCUT2D eigenvalue weighted by atomic mass is 9.77. The number of carbonyl (C=O) groups excluding carboxylic acids is 3. The molecule has 0 radical (unpaired) electrons. The van der Waals surface area contributed by atoms with Gasteiger partial charge in [-0.1, -0.05) is 30.3 Å². The maximum absolute atomic E-state index is 13.5. The molecule has 7 nitrogen and oxygen atoms in total. The minimum Gasteiger partial charge on any atom is -0.464 e. The smallest absolute Gasteiger partial charge is 0.411 e. The number of nitrogens with zero attached hydrogens (tertiary/aromatic N) is 1. The largest absolute Gasteiger partial charge is 0.464 e. The molecule has 0 unspecified atom stereocenters. The van der Waals surface area contributed by atoms with Crippen molar-refractivity contribution in [3.63, 3.8) is 0 Å². The van der Waals surface area contributed by atoms with E-state index in [1.807, 2.05) is 30.3 Å². The summed E-state index contributed by atoms with van der Waals surface area (Å²) in [4.78, 5) is 40.9. The second kappa shape index (κ2) is 9.92. The van der Waals surface area contributed by atoms with Crippen molar-refractivity contribution in [3.05, 3.63) is 35.9 Å². The van der Waals surface area contributed by atoms with Gasteiger partial charge in [0, 0.05) is 18.9 Å². The molecule has 0 aromatic heterocycles. The number of benzene rings is 1. The maximum atomic E-state index is 13.5. The summed E-state index contributed by atoms with van der Waals surface area (Å²) < 4.78 is 16.7. The Morgan fingerprint density at radius 2 is 1.59 bits per heavy atom. The topological polar surface area (TPSA) is 82.1 Å². The molecule has 1 aromatic rings. The summed E-state index contributed by atoms with van der Waals surface area (Å²) in [6.07, 6.45) is 0.0966. The first-order chi connectivity index (χ1) is 14.8. The summed E-state index contributed by atoms with van der Waals surface area (Å²) in [6.45, 7) is 12.9. The molecule has 0 spiro atoms. The predicted octanol–water partition coefficient (Wildman–Crippen LogP) is 4.52. The van der Waals surface area contributed by atoms with Crippen LogP contribution in [-0.2, 0) is 30.2 Å². The fourth-order valence-electron chi connectivity index (χ4n) is 4.12. The van der Waals surface area contributed by atoms with Crippen molar-refractivity contribution in [2.24, 2.45) is 5.92 Å². The first-order valence-electron chi connectivity index (χ1n) is 11.2. The van der Waals surface area contributed by atoms with E-state index < -0.39 is 40.7 Å². The van der Waals surface area contributed by atoms with Crippen molar-refractivity contribution in [3.8, 4) is 0 Å². The summed E-state index contributed by atoms with van der Waals surface area (Å²) in [5.74, 6) is -1.40. The Kier molecular flexibility index (Phi) is 7.97. The third-order valence-electron chi connectivity index (χ3n) is 5.25. The van der Waals surface area contributed by atoms with Crippen LogP contribution in [0.1, 0.15) is 66.9 Å². The standard InChI is InChI=1S/C25H37NO6/c1-8-30-21(28)25(17-18-12-10-9-11-13-18)19(16-20(27)31-23(2,3)4)14-15-26(25)22(29)32-24(5,6)7/h9-13,19H,8,14-17H2,1-7H3/t19-,25+/m0/s1. The number of amides is 1. The fraction of sp³-hybridized carbons (Fsp3) is 0.640. The zero-order valence-electron chi connectivity index (χ0n) is 20.4. The van der Waals surface area contributed by atoms with E-state index in [1.54, 1.807) is 48.5 Å². The lowest BCUT2D eigenvalue weighted by molar-refractivity contribution is -0.162. The summed E-state index contributed by atoms with van der Waals surface area (Å²) in [5, 5.41) is 0. The summed E-state index contributed by atoms with van der Waals surface area (Å²) >= 11 is 0. The second-order valence-electron chi connectivity index (χ2n) is 10.2. The van der Waals surface area contributed by atoms with Gasteiger partial charge in [-0.15, -0.1) is 0 Å². The van der Waals surface area contributed by atoms with Crippen LogP contribution in [-0.4, -0.2) is 52.8 Å². The molecule has 1 amide bonds. The van der Waals surface area contributed by atoms with Crippen LogP contribution in [0.4, 0.5) is 4.79 Å². The van der Waals surface area contributed by atoms with Gasteiger partial charge < -0.3 is 14.2 Å². The molecule has 1 saturated heterocycles. The van der Waals surface area contributed by atoms with Crippen molar-refractivity contribution >= 4 is 18.0 Å². The van der Waals surface area contributed by atoms with Crippen molar-refractivity contribution in [2.75, 3.05) is 13.2 Å². The number of hydrogen-bond donors (Lipinski definition) is 0. The van der Waals surface area contributed by atoms with E-state index >= 15 is 0 Å². The fourth-order valence-corrected chi connectivity index (χ4v) is 4.12. The summed E-state index contributed by atoms with van der Waals surface area (Å²) in [6, 6.07) is 9.45. The Labute approximate surface area is 191 Å². The monoisotopic (exact) mass is 447 g/mol. The van der Waals surface area contributed by atoms with Gasteiger partial charge in [-0.2, -0.15) is 0 Å². The van der Waals surface area contributed by atoms with Gasteiger partial charge in [0.1, 0.15) is 11.2 Å². The highest BCUT2D eigenvalue weighted by atomic mass is 16.6. The minimum atomic E-state index is -1.36. The van der Waals surface area contributed by atoms with Gasteiger partial charge in [0.2, 0.25) is 0 Å². The van der Waals surface area contributed by atoms with Gasteiger partial charge in [0.25, 0.3) is 0 Å². The zero-order valence-corrected chi connectivity index (χ0v) is 20.4. The third-order valence-corrected chi connectivity index (χ3v) is 5.25. The Morgan fingerprint density at radius 3 is 2.12 bits per heavy atom. The summed E-state index contributed by atoms with van der Waals surface area (Å²) in [7, 11) is 0. The molecular weight excluding hydrogens is 410 g/mol. The highest BCUT2D eigenvalue weighted by molar-refractivity contribution is 5.88. The normalized spacial score (nSPS) is 21.2. The quantitative estimate of drug-likeness (QED) is 0.471. The van der Waals surface area contributed by atoms with Gasteiger partial charge in [0.15, 0.2) is 5.54 Å². The van der Waals surface area contributed by atoms with E-state index in [0.717, 1.165) is 5.56 Å². The minimum absolute atomic E-state index is 0.00220. The average Bonchev–Trinajstić information content (AvgIpc) is 2.99. The molecule has 7 heteroatoms. The van der Waals surface area contributed by atoms with Crippen LogP contribution in [0, 0.1) is 5.92 Å². The van der Waals surface area contributed by atoms with E-state index in [9.17, 15) is 14.4 Å². The van der Waals surface area contributed by atoms with Crippen LogP contribution >= 0.6 is 0 Å². The molecule has 1 aromatic carbocycles. The van der Waals surface area contributed by atoms with Crippen molar-refractivity contribution < 1.29 is 28.6 Å². The van der Waals surface area contributed by atoms with Crippen LogP contribution in [0.5, 0.6) is 0 Å². The van der Waals surface area contributed by atoms with E-state index in [-0.39, 0.29) is 26.0 Å². The van der Waals surface area contributed by atoms with Crippen molar-refractivity contribution in [1.29, 1.82) is 0 Å². The van der Waals surface area contributed by atoms with Crippen LogP contribution in [0.2, 0.25) is 0 Å². The molecule has 0 saturated carbocycles. The van der Waals surface area contributed by atoms with Crippen molar-refractivity contribution in [1.82, 2.24) is 4.90 Å². The Hall–Kier alpha value is -2.57. The van der Waals surface area contributed by atoms with Crippen molar-refractivity contribution in [2.45, 2.75) is 84.5 Å². The van der Waals surface area contributed by atoms with Gasteiger partial charge in [-0.3, -0.25) is 9.69 Å². The predicted molar refractivity (Wildman–Crippen MR) is 121 cm³/mol. The number of hydrogen-bond acceptors (Lipinski definition) is 6. The van der Waals surface area contributed by atoms with Crippen LogP contribution < -0.4 is 0 Å². The van der Waals surface area contributed by atoms with E-state index in [0.29, 0.717) is 6.42 Å². The molecular formula is C25H37NO6. The van der Waals surface area contributed by atoms with Gasteiger partial charge >= 0.3 is 18.0 Å². The SMILES string of the molecule is CCOC(=O)[C@@]1(Cc2ccccc2)[C@H](CC(=O)OC(C)(C)C)CCN1C(=O)OC(C)(C)C. The molecule has 32 heavy (non-hydrogen) atoms. The van der Waals surface area contributed by atoms with Crippen LogP contribution in [0.25, 0.3) is 0 Å². The highest BCUT2D eigenvalue weighted by Gasteiger charge is 2.58. The third kappa shape index (κ3) is 6.47. The first kappa shape index (κ1) is 25.7. The number of esters is 2. The zero-order chi connectivity index (χ0) is 24.2. The second-order valence-corrected chi connectivity index (χ2v) is 10.2. The molecule has 1 aliphatic heterocycles. The average molecular weight is 448 g/mol. The van der Waals surface area contributed by atoms with E-state index in [1.165, 1.54) is 4.90 Å². The number of likely N-dealkylation sites (tertiary alicyclic amines) is 1. The maximum Gasteiger partial charge on any atom is 0.411 e. The molecule has 0 bridgehead atoms. The number of carbonyl (C=O) groups is 3. The molecule has 0 N–H and O–H groups in total. The molecule has 178 valence electrons. The summed E-state index contributed by atoms with van der Waals surface area (Å²) in [5.41, 5.74) is -1.87. The van der Waals surface area contributed by atoms with Gasteiger partial charge in [-0.05, 0) is 60.5 Å². The van der Waals surface area contributed by atoms with Gasteiger partial charge in [-0.25, -0.2) is 9.59 Å². The molecule has 1 aliphatic rings. The molecule has 2 atom stereocenters.